The number of carbonyl (C=O) groups excluding carboxylic acids is 2. The fraction of sp³-hybridized carbons (Fsp3) is 0.429. The second-order valence-corrected chi connectivity index (χ2v) is 6.71. The van der Waals surface area contributed by atoms with Crippen LogP contribution in [0.5, 0.6) is 0 Å². The molecule has 0 saturated heterocycles. The Bertz CT molecular complexity index is 590. The molecule has 0 saturated carbocycles. The Hall–Kier alpha value is -1.69. The number of amides is 1. The zero-order valence-corrected chi connectivity index (χ0v) is 12.7. The summed E-state index contributed by atoms with van der Waals surface area (Å²) in [6.07, 6.45) is 0.735. The van der Waals surface area contributed by atoms with Gasteiger partial charge in [0.2, 0.25) is 5.91 Å². The fourth-order valence-electron chi connectivity index (χ4n) is 1.57. The van der Waals surface area contributed by atoms with E-state index < -0.39 is 21.5 Å². The van der Waals surface area contributed by atoms with Gasteiger partial charge in [-0.2, -0.15) is 0 Å². The third kappa shape index (κ3) is 4.45. The van der Waals surface area contributed by atoms with Crippen molar-refractivity contribution in [2.75, 3.05) is 5.75 Å². The third-order valence-corrected chi connectivity index (χ3v) is 4.59. The lowest BCUT2D eigenvalue weighted by molar-refractivity contribution is -0.119. The van der Waals surface area contributed by atoms with E-state index in [1.807, 2.05) is 13.8 Å². The molecule has 0 spiro atoms. The van der Waals surface area contributed by atoms with E-state index in [2.05, 4.69) is 5.32 Å². The van der Waals surface area contributed by atoms with Crippen molar-refractivity contribution in [2.45, 2.75) is 38.1 Å². The van der Waals surface area contributed by atoms with Crippen molar-refractivity contribution in [1.82, 2.24) is 5.32 Å². The Labute approximate surface area is 119 Å². The molecule has 1 unspecified atom stereocenters. The first kappa shape index (κ1) is 16.4. The largest absolute Gasteiger partial charge is 0.353 e. The summed E-state index contributed by atoms with van der Waals surface area (Å²) in [5, 5.41) is 2.61. The summed E-state index contributed by atoms with van der Waals surface area (Å²) in [6.45, 7) is 5.12. The quantitative estimate of drug-likeness (QED) is 0.808. The van der Waals surface area contributed by atoms with Crippen molar-refractivity contribution in [3.63, 3.8) is 0 Å². The van der Waals surface area contributed by atoms with Crippen LogP contribution in [-0.2, 0) is 14.6 Å². The van der Waals surface area contributed by atoms with Gasteiger partial charge in [-0.15, -0.1) is 0 Å². The molecule has 0 aliphatic rings. The molecule has 6 heteroatoms. The van der Waals surface area contributed by atoms with Gasteiger partial charge in [-0.1, -0.05) is 19.1 Å². The van der Waals surface area contributed by atoms with Crippen LogP contribution in [0.25, 0.3) is 0 Å². The second-order valence-electron chi connectivity index (χ2n) is 4.72. The lowest BCUT2D eigenvalue weighted by atomic mass is 10.2. The molecule has 0 aliphatic heterocycles. The molecule has 5 nitrogen and oxygen atoms in total. The monoisotopic (exact) mass is 297 g/mol. The molecule has 1 rings (SSSR count). The molecule has 1 atom stereocenters. The maximum Gasteiger partial charge on any atom is 0.235 e. The Morgan fingerprint density at radius 3 is 2.20 bits per heavy atom. The van der Waals surface area contributed by atoms with Crippen molar-refractivity contribution in [1.29, 1.82) is 0 Å². The molecule has 110 valence electrons. The summed E-state index contributed by atoms with van der Waals surface area (Å²) in [6, 6.07) is 5.53. The average Bonchev–Trinajstić information content (AvgIpc) is 2.37. The first-order valence-corrected chi connectivity index (χ1v) is 8.04. The van der Waals surface area contributed by atoms with Crippen molar-refractivity contribution in [2.24, 2.45) is 0 Å². The molecule has 0 aliphatic carbocycles. The van der Waals surface area contributed by atoms with Gasteiger partial charge in [0, 0.05) is 11.6 Å². The van der Waals surface area contributed by atoms with Gasteiger partial charge in [0.25, 0.3) is 0 Å². The van der Waals surface area contributed by atoms with Crippen LogP contribution in [0.4, 0.5) is 0 Å². The first-order valence-electron chi connectivity index (χ1n) is 6.39. The summed E-state index contributed by atoms with van der Waals surface area (Å²) in [5.41, 5.74) is 0.438. The highest BCUT2D eigenvalue weighted by Gasteiger charge is 2.20. The molecule has 0 fully saturated rings. The Morgan fingerprint density at radius 2 is 1.75 bits per heavy atom. The number of hydrogen-bond donors (Lipinski definition) is 1. The minimum atomic E-state index is -3.68. The van der Waals surface area contributed by atoms with E-state index in [9.17, 15) is 18.0 Å². The van der Waals surface area contributed by atoms with Gasteiger partial charge in [0.1, 0.15) is 5.75 Å². The predicted molar refractivity (Wildman–Crippen MR) is 76.4 cm³/mol. The zero-order valence-electron chi connectivity index (χ0n) is 11.8. The minimum Gasteiger partial charge on any atom is -0.353 e. The van der Waals surface area contributed by atoms with Crippen LogP contribution >= 0.6 is 0 Å². The van der Waals surface area contributed by atoms with Crippen LogP contribution < -0.4 is 5.32 Å². The van der Waals surface area contributed by atoms with Crippen LogP contribution in [0.15, 0.2) is 29.2 Å². The molecular weight excluding hydrogens is 278 g/mol. The molecule has 0 aromatic heterocycles. The van der Waals surface area contributed by atoms with Crippen LogP contribution in [0.1, 0.15) is 37.6 Å². The molecule has 1 aromatic rings. The molecule has 1 N–H and O–H groups in total. The average molecular weight is 297 g/mol. The van der Waals surface area contributed by atoms with Gasteiger partial charge in [-0.25, -0.2) is 8.42 Å². The Morgan fingerprint density at radius 1 is 1.20 bits per heavy atom. The molecule has 1 aromatic carbocycles. The van der Waals surface area contributed by atoms with E-state index in [0.29, 0.717) is 5.56 Å². The molecule has 20 heavy (non-hydrogen) atoms. The van der Waals surface area contributed by atoms with E-state index in [1.54, 1.807) is 0 Å². The highest BCUT2D eigenvalue weighted by atomic mass is 32.2. The van der Waals surface area contributed by atoms with Crippen LogP contribution in [0.3, 0.4) is 0 Å². The lowest BCUT2D eigenvalue weighted by Crippen LogP contribution is -2.36. The smallest absolute Gasteiger partial charge is 0.235 e. The summed E-state index contributed by atoms with van der Waals surface area (Å²) >= 11 is 0. The van der Waals surface area contributed by atoms with Gasteiger partial charge < -0.3 is 5.32 Å². The standard InChI is InChI=1S/C14H19NO4S/c1-4-10(2)15-14(17)9-20(18,19)13-7-5-12(6-8-13)11(3)16/h5-8,10H,4,9H2,1-3H3,(H,15,17). The lowest BCUT2D eigenvalue weighted by Gasteiger charge is -2.11. The van der Waals surface area contributed by atoms with Gasteiger partial charge >= 0.3 is 0 Å². The highest BCUT2D eigenvalue weighted by Crippen LogP contribution is 2.13. The van der Waals surface area contributed by atoms with Crippen molar-refractivity contribution in [3.8, 4) is 0 Å². The van der Waals surface area contributed by atoms with E-state index in [0.717, 1.165) is 6.42 Å². The molecular formula is C14H19NO4S. The summed E-state index contributed by atoms with van der Waals surface area (Å²) < 4.78 is 24.1. The summed E-state index contributed by atoms with van der Waals surface area (Å²) in [7, 11) is -3.68. The first-order chi connectivity index (χ1) is 9.26. The van der Waals surface area contributed by atoms with Gasteiger partial charge in [0.15, 0.2) is 15.6 Å². The SMILES string of the molecule is CCC(C)NC(=O)CS(=O)(=O)c1ccc(C(C)=O)cc1. The second kappa shape index (κ2) is 6.65. The number of nitrogens with one attached hydrogen (secondary N) is 1. The number of benzene rings is 1. The highest BCUT2D eigenvalue weighted by molar-refractivity contribution is 7.92. The van der Waals surface area contributed by atoms with E-state index in [1.165, 1.54) is 31.2 Å². The number of sulfone groups is 1. The maximum absolute atomic E-state index is 12.0. The van der Waals surface area contributed by atoms with E-state index in [4.69, 9.17) is 0 Å². The topological polar surface area (TPSA) is 80.3 Å². The number of ketones is 1. The Kier molecular flexibility index (Phi) is 5.44. The predicted octanol–water partition coefficient (Wildman–Crippen LogP) is 1.58. The normalized spacial score (nSPS) is 12.8. The van der Waals surface area contributed by atoms with E-state index in [-0.39, 0.29) is 16.7 Å². The molecule has 0 bridgehead atoms. The number of hydrogen-bond acceptors (Lipinski definition) is 4. The fourth-order valence-corrected chi connectivity index (χ4v) is 2.72. The number of Topliss-reactive ketones (excluding diaryl/α,β-unsaturated/α-hetero) is 1. The molecule has 0 heterocycles. The summed E-state index contributed by atoms with van der Waals surface area (Å²) in [5.74, 6) is -1.24. The maximum atomic E-state index is 12.0. The van der Waals surface area contributed by atoms with Crippen LogP contribution in [-0.4, -0.2) is 31.9 Å². The Balaban J connectivity index is 2.83. The van der Waals surface area contributed by atoms with Gasteiger partial charge in [-0.05, 0) is 32.4 Å². The summed E-state index contributed by atoms with van der Waals surface area (Å²) in [4.78, 5) is 22.8. The molecule has 1 amide bonds. The van der Waals surface area contributed by atoms with Crippen molar-refractivity contribution in [3.05, 3.63) is 29.8 Å². The molecule has 0 radical (unpaired) electrons. The van der Waals surface area contributed by atoms with Crippen molar-refractivity contribution >= 4 is 21.5 Å². The van der Waals surface area contributed by atoms with Crippen LogP contribution in [0.2, 0.25) is 0 Å². The number of carbonyl (C=O) groups is 2. The van der Waals surface area contributed by atoms with E-state index >= 15 is 0 Å². The number of rotatable bonds is 6. The van der Waals surface area contributed by atoms with Crippen molar-refractivity contribution < 1.29 is 18.0 Å². The third-order valence-electron chi connectivity index (χ3n) is 2.96. The van der Waals surface area contributed by atoms with Gasteiger partial charge in [0.05, 0.1) is 4.90 Å². The minimum absolute atomic E-state index is 0.0433. The zero-order chi connectivity index (χ0) is 15.3. The van der Waals surface area contributed by atoms with Gasteiger partial charge in [-0.3, -0.25) is 9.59 Å². The van der Waals surface area contributed by atoms with Crippen LogP contribution in [0, 0.1) is 0 Å².